The van der Waals surface area contributed by atoms with E-state index >= 15 is 0 Å². The van der Waals surface area contributed by atoms with Gasteiger partial charge in [-0.2, -0.15) is 0 Å². The van der Waals surface area contributed by atoms with Crippen molar-refractivity contribution in [2.24, 2.45) is 0 Å². The number of aromatic nitrogens is 2. The van der Waals surface area contributed by atoms with Gasteiger partial charge in [0.2, 0.25) is 0 Å². The van der Waals surface area contributed by atoms with Crippen LogP contribution in [0.15, 0.2) is 0 Å². The van der Waals surface area contributed by atoms with E-state index in [9.17, 15) is 9.90 Å². The van der Waals surface area contributed by atoms with Crippen LogP contribution in [0.25, 0.3) is 0 Å². The molecule has 1 aromatic rings. The van der Waals surface area contributed by atoms with Gasteiger partial charge in [0.05, 0.1) is 18.3 Å². The molecule has 0 saturated carbocycles. The van der Waals surface area contributed by atoms with Gasteiger partial charge in [0.25, 0.3) is 5.91 Å². The lowest BCUT2D eigenvalue weighted by atomic mass is 10.2. The molecule has 1 amide bonds. The molecule has 1 saturated heterocycles. The summed E-state index contributed by atoms with van der Waals surface area (Å²) in [4.78, 5) is 14.7. The first-order valence-corrected chi connectivity index (χ1v) is 6.78. The Bertz CT molecular complexity index is 394. The summed E-state index contributed by atoms with van der Waals surface area (Å²) >= 11 is 1.16. The number of likely N-dealkylation sites (tertiary alicyclic amines) is 1. The summed E-state index contributed by atoms with van der Waals surface area (Å²) < 4.78 is 3.87. The van der Waals surface area contributed by atoms with Crippen LogP contribution in [0.1, 0.15) is 41.6 Å². The third-order valence-corrected chi connectivity index (χ3v) is 3.84. The fourth-order valence-corrected chi connectivity index (χ4v) is 2.86. The molecule has 0 radical (unpaired) electrons. The van der Waals surface area contributed by atoms with Crippen molar-refractivity contribution in [1.29, 1.82) is 0 Å². The zero-order valence-electron chi connectivity index (χ0n) is 9.93. The number of rotatable bonds is 4. The van der Waals surface area contributed by atoms with Crippen LogP contribution in [0, 0.1) is 0 Å². The number of aliphatic hydroxyl groups excluding tert-OH is 1. The average molecular weight is 255 g/mol. The van der Waals surface area contributed by atoms with Gasteiger partial charge in [0.15, 0.2) is 0 Å². The molecular weight excluding hydrogens is 238 g/mol. The minimum Gasteiger partial charge on any atom is -0.394 e. The van der Waals surface area contributed by atoms with Gasteiger partial charge in [0, 0.05) is 6.54 Å². The van der Waals surface area contributed by atoms with E-state index in [2.05, 4.69) is 16.5 Å². The third-order valence-electron chi connectivity index (χ3n) is 3.09. The number of carbonyl (C=O) groups is 1. The molecule has 0 bridgehead atoms. The maximum Gasteiger partial charge on any atom is 0.267 e. The van der Waals surface area contributed by atoms with Crippen molar-refractivity contribution >= 4 is 17.4 Å². The SMILES string of the molecule is CCCc1nnsc1C(=O)N1CCC[C@@H]1CO. The maximum absolute atomic E-state index is 12.3. The van der Waals surface area contributed by atoms with Gasteiger partial charge in [-0.05, 0) is 30.8 Å². The van der Waals surface area contributed by atoms with Gasteiger partial charge in [-0.1, -0.05) is 17.8 Å². The first-order valence-electron chi connectivity index (χ1n) is 6.01. The van der Waals surface area contributed by atoms with Crippen LogP contribution >= 0.6 is 11.5 Å². The number of hydrogen-bond donors (Lipinski definition) is 1. The van der Waals surface area contributed by atoms with Crippen molar-refractivity contribution < 1.29 is 9.90 Å². The van der Waals surface area contributed by atoms with Gasteiger partial charge >= 0.3 is 0 Å². The van der Waals surface area contributed by atoms with Gasteiger partial charge in [-0.15, -0.1) is 5.10 Å². The fraction of sp³-hybridized carbons (Fsp3) is 0.727. The Hall–Kier alpha value is -1.01. The zero-order chi connectivity index (χ0) is 12.3. The molecule has 17 heavy (non-hydrogen) atoms. The Morgan fingerprint density at radius 3 is 3.18 bits per heavy atom. The predicted octanol–water partition coefficient (Wildman–Crippen LogP) is 1.09. The number of nitrogens with zero attached hydrogens (tertiary/aromatic N) is 3. The van der Waals surface area contributed by atoms with Gasteiger partial charge in [-0.3, -0.25) is 4.79 Å². The number of amides is 1. The van der Waals surface area contributed by atoms with E-state index in [0.717, 1.165) is 49.5 Å². The second-order valence-electron chi connectivity index (χ2n) is 4.28. The number of aliphatic hydroxyl groups is 1. The lowest BCUT2D eigenvalue weighted by Gasteiger charge is -2.22. The van der Waals surface area contributed by atoms with E-state index in [0.29, 0.717) is 4.88 Å². The summed E-state index contributed by atoms with van der Waals surface area (Å²) in [6.07, 6.45) is 3.59. The summed E-state index contributed by atoms with van der Waals surface area (Å²) in [7, 11) is 0. The van der Waals surface area contributed by atoms with E-state index in [-0.39, 0.29) is 18.6 Å². The van der Waals surface area contributed by atoms with E-state index in [1.54, 1.807) is 4.90 Å². The monoisotopic (exact) mass is 255 g/mol. The molecule has 2 heterocycles. The van der Waals surface area contributed by atoms with Crippen LogP contribution in [0.2, 0.25) is 0 Å². The molecule has 0 spiro atoms. The van der Waals surface area contributed by atoms with E-state index < -0.39 is 0 Å². The van der Waals surface area contributed by atoms with E-state index in [1.807, 2.05) is 0 Å². The van der Waals surface area contributed by atoms with Crippen LogP contribution in [-0.4, -0.2) is 44.7 Å². The average Bonchev–Trinajstić information content (AvgIpc) is 2.96. The Morgan fingerprint density at radius 1 is 1.65 bits per heavy atom. The Labute approximate surface area is 105 Å². The number of carbonyl (C=O) groups excluding carboxylic acids is 1. The smallest absolute Gasteiger partial charge is 0.267 e. The predicted molar refractivity (Wildman–Crippen MR) is 65.0 cm³/mol. The van der Waals surface area contributed by atoms with Gasteiger partial charge in [0.1, 0.15) is 4.88 Å². The van der Waals surface area contributed by atoms with Crippen molar-refractivity contribution in [1.82, 2.24) is 14.5 Å². The largest absolute Gasteiger partial charge is 0.394 e. The van der Waals surface area contributed by atoms with Crippen LogP contribution in [0.4, 0.5) is 0 Å². The summed E-state index contributed by atoms with van der Waals surface area (Å²) in [5.41, 5.74) is 0.797. The Morgan fingerprint density at radius 2 is 2.47 bits per heavy atom. The molecule has 5 nitrogen and oxygen atoms in total. The number of aryl methyl sites for hydroxylation is 1. The number of hydrogen-bond acceptors (Lipinski definition) is 5. The third kappa shape index (κ3) is 2.47. The van der Waals surface area contributed by atoms with Crippen molar-refractivity contribution in [2.45, 2.75) is 38.6 Å². The topological polar surface area (TPSA) is 66.3 Å². The fourth-order valence-electron chi connectivity index (χ4n) is 2.19. The highest BCUT2D eigenvalue weighted by Crippen LogP contribution is 2.22. The van der Waals surface area contributed by atoms with Crippen LogP contribution in [0.5, 0.6) is 0 Å². The minimum atomic E-state index is -0.0286. The van der Waals surface area contributed by atoms with E-state index in [4.69, 9.17) is 0 Å². The quantitative estimate of drug-likeness (QED) is 0.874. The maximum atomic E-state index is 12.3. The van der Waals surface area contributed by atoms with Gasteiger partial charge < -0.3 is 10.0 Å². The highest BCUT2D eigenvalue weighted by Gasteiger charge is 2.31. The molecule has 0 aromatic carbocycles. The second-order valence-corrected chi connectivity index (χ2v) is 5.03. The molecule has 1 fully saturated rings. The summed E-state index contributed by atoms with van der Waals surface area (Å²) in [5.74, 6) is -0.0139. The Balaban J connectivity index is 2.15. The van der Waals surface area contributed by atoms with Crippen LogP contribution in [-0.2, 0) is 6.42 Å². The Kier molecular flexibility index (Phi) is 4.06. The van der Waals surface area contributed by atoms with Crippen molar-refractivity contribution in [3.63, 3.8) is 0 Å². The molecule has 0 unspecified atom stereocenters. The summed E-state index contributed by atoms with van der Waals surface area (Å²) in [6.45, 7) is 2.83. The highest BCUT2D eigenvalue weighted by molar-refractivity contribution is 7.08. The molecular formula is C11H17N3O2S. The van der Waals surface area contributed by atoms with Crippen molar-refractivity contribution in [2.75, 3.05) is 13.2 Å². The summed E-state index contributed by atoms with van der Waals surface area (Å²) in [6, 6.07) is -0.0286. The lowest BCUT2D eigenvalue weighted by Crippen LogP contribution is -2.37. The highest BCUT2D eigenvalue weighted by atomic mass is 32.1. The summed E-state index contributed by atoms with van der Waals surface area (Å²) in [5, 5.41) is 13.2. The molecule has 2 rings (SSSR count). The minimum absolute atomic E-state index is 0.0139. The normalized spacial score (nSPS) is 19.9. The molecule has 0 aliphatic carbocycles. The standard InChI is InChI=1S/C11H17N3O2S/c1-2-4-9-10(17-13-12-9)11(16)14-6-3-5-8(14)7-15/h8,15H,2-7H2,1H3/t8-/m1/s1. The first kappa shape index (κ1) is 12.4. The van der Waals surface area contributed by atoms with Gasteiger partial charge in [-0.25, -0.2) is 0 Å². The molecule has 1 atom stereocenters. The molecule has 6 heteroatoms. The van der Waals surface area contributed by atoms with Crippen molar-refractivity contribution in [3.8, 4) is 0 Å². The van der Waals surface area contributed by atoms with Crippen LogP contribution < -0.4 is 0 Å². The first-order chi connectivity index (χ1) is 8.27. The van der Waals surface area contributed by atoms with Crippen LogP contribution in [0.3, 0.4) is 0 Å². The molecule has 1 aliphatic heterocycles. The second kappa shape index (κ2) is 5.55. The van der Waals surface area contributed by atoms with E-state index in [1.165, 1.54) is 0 Å². The molecule has 1 aliphatic rings. The molecule has 1 N–H and O–H groups in total. The molecule has 1 aromatic heterocycles. The lowest BCUT2D eigenvalue weighted by molar-refractivity contribution is 0.0681. The zero-order valence-corrected chi connectivity index (χ0v) is 10.7. The van der Waals surface area contributed by atoms with Crippen molar-refractivity contribution in [3.05, 3.63) is 10.6 Å². The molecule has 94 valence electrons.